The van der Waals surface area contributed by atoms with Gasteiger partial charge >= 0.3 is 12.0 Å². The van der Waals surface area contributed by atoms with Crippen LogP contribution in [0.3, 0.4) is 0 Å². The summed E-state index contributed by atoms with van der Waals surface area (Å²) in [6.07, 6.45) is 2.71. The summed E-state index contributed by atoms with van der Waals surface area (Å²) in [4.78, 5) is 24.6. The van der Waals surface area contributed by atoms with E-state index in [2.05, 4.69) is 22.5 Å². The van der Waals surface area contributed by atoms with Crippen LogP contribution in [0.1, 0.15) is 33.1 Å². The normalized spacial score (nSPS) is 18.5. The molecule has 0 radical (unpaired) electrons. The highest BCUT2D eigenvalue weighted by molar-refractivity contribution is 5.74. The molecule has 0 spiro atoms. The molecule has 1 fully saturated rings. The van der Waals surface area contributed by atoms with Crippen LogP contribution in [-0.4, -0.2) is 54.7 Å². The van der Waals surface area contributed by atoms with Gasteiger partial charge in [0.25, 0.3) is 0 Å². The summed E-state index contributed by atoms with van der Waals surface area (Å²) in [5, 5.41) is 14.3. The first-order valence-electron chi connectivity index (χ1n) is 7.49. The Kier molecular flexibility index (Phi) is 7.36. The van der Waals surface area contributed by atoms with Gasteiger partial charge in [-0.1, -0.05) is 13.8 Å². The number of hydrogen-bond donors (Lipinski definition) is 3. The molecule has 116 valence electrons. The summed E-state index contributed by atoms with van der Waals surface area (Å²) in [6.45, 7) is 8.24. The molecule has 1 heterocycles. The number of carboxylic acid groups (broad SMARTS) is 1. The molecule has 0 bridgehead atoms. The molecular weight excluding hydrogens is 258 g/mol. The van der Waals surface area contributed by atoms with E-state index >= 15 is 0 Å². The molecule has 0 aromatic carbocycles. The van der Waals surface area contributed by atoms with Crippen LogP contribution in [0.15, 0.2) is 0 Å². The monoisotopic (exact) mass is 285 g/mol. The predicted octanol–water partition coefficient (Wildman–Crippen LogP) is 1.13. The van der Waals surface area contributed by atoms with E-state index in [-0.39, 0.29) is 6.03 Å². The fraction of sp³-hybridized carbons (Fsp3) is 0.857. The zero-order valence-electron chi connectivity index (χ0n) is 12.5. The quantitative estimate of drug-likeness (QED) is 0.655. The molecule has 1 unspecified atom stereocenters. The number of carboxylic acids is 1. The minimum atomic E-state index is -0.824. The number of piperidine rings is 1. The van der Waals surface area contributed by atoms with E-state index in [1.165, 1.54) is 0 Å². The summed E-state index contributed by atoms with van der Waals surface area (Å²) in [7, 11) is 0. The van der Waals surface area contributed by atoms with Gasteiger partial charge < -0.3 is 20.6 Å². The van der Waals surface area contributed by atoms with Crippen molar-refractivity contribution in [1.82, 2.24) is 15.5 Å². The molecule has 0 saturated carbocycles. The van der Waals surface area contributed by atoms with E-state index in [9.17, 15) is 9.59 Å². The van der Waals surface area contributed by atoms with Crippen LogP contribution in [0.25, 0.3) is 0 Å². The van der Waals surface area contributed by atoms with Crippen molar-refractivity contribution in [3.8, 4) is 0 Å². The minimum absolute atomic E-state index is 0.194. The topological polar surface area (TPSA) is 81.7 Å². The highest BCUT2D eigenvalue weighted by atomic mass is 16.4. The van der Waals surface area contributed by atoms with Gasteiger partial charge in [0.05, 0.1) is 5.92 Å². The van der Waals surface area contributed by atoms with Gasteiger partial charge in [-0.2, -0.15) is 0 Å². The zero-order chi connectivity index (χ0) is 15.0. The summed E-state index contributed by atoms with van der Waals surface area (Å²) in [6, 6.07) is -0.194. The molecule has 0 aliphatic carbocycles. The van der Waals surface area contributed by atoms with Crippen molar-refractivity contribution in [3.05, 3.63) is 0 Å². The largest absolute Gasteiger partial charge is 0.481 e. The molecule has 0 aromatic rings. The van der Waals surface area contributed by atoms with Crippen molar-refractivity contribution in [2.75, 3.05) is 32.7 Å². The number of amides is 2. The van der Waals surface area contributed by atoms with Gasteiger partial charge in [-0.05, 0) is 44.8 Å². The van der Waals surface area contributed by atoms with Crippen molar-refractivity contribution in [3.63, 3.8) is 0 Å². The maximum atomic E-state index is 11.6. The maximum Gasteiger partial charge on any atom is 0.314 e. The van der Waals surface area contributed by atoms with E-state index < -0.39 is 11.9 Å². The number of nitrogens with zero attached hydrogens (tertiary/aromatic N) is 1. The lowest BCUT2D eigenvalue weighted by Crippen LogP contribution is -2.42. The predicted molar refractivity (Wildman–Crippen MR) is 77.7 cm³/mol. The number of likely N-dealkylation sites (tertiary alicyclic amines) is 1. The van der Waals surface area contributed by atoms with E-state index in [1.807, 2.05) is 0 Å². The maximum absolute atomic E-state index is 11.6. The number of aliphatic carboxylic acids is 1. The number of carbonyl (C=O) groups excluding carboxylic acids is 1. The first-order valence-corrected chi connectivity index (χ1v) is 7.49. The first-order chi connectivity index (χ1) is 9.52. The smallest absolute Gasteiger partial charge is 0.314 e. The third kappa shape index (κ3) is 6.23. The fourth-order valence-corrected chi connectivity index (χ4v) is 2.33. The Hall–Kier alpha value is -1.30. The van der Waals surface area contributed by atoms with Crippen LogP contribution in [0.2, 0.25) is 0 Å². The second kappa shape index (κ2) is 8.79. The van der Waals surface area contributed by atoms with Crippen LogP contribution < -0.4 is 10.6 Å². The first kappa shape index (κ1) is 16.8. The second-order valence-corrected chi connectivity index (χ2v) is 5.54. The van der Waals surface area contributed by atoms with Crippen molar-refractivity contribution >= 4 is 12.0 Å². The molecule has 2 amide bonds. The van der Waals surface area contributed by atoms with Gasteiger partial charge in [-0.25, -0.2) is 4.79 Å². The Labute approximate surface area is 120 Å². The molecule has 0 aromatic heterocycles. The molecule has 1 aliphatic rings. The molecule has 1 saturated heterocycles. The molecule has 3 N–H and O–H groups in total. The molecule has 20 heavy (non-hydrogen) atoms. The Bertz CT molecular complexity index is 315. The third-order valence-electron chi connectivity index (χ3n) is 3.99. The average Bonchev–Trinajstić information content (AvgIpc) is 2.45. The van der Waals surface area contributed by atoms with Crippen LogP contribution in [0.5, 0.6) is 0 Å². The zero-order valence-corrected chi connectivity index (χ0v) is 12.5. The van der Waals surface area contributed by atoms with Gasteiger partial charge in [-0.3, -0.25) is 4.79 Å². The summed E-state index contributed by atoms with van der Waals surface area (Å²) >= 11 is 0. The number of hydrogen-bond acceptors (Lipinski definition) is 3. The standard InChI is InChI=1S/C14H27N3O3/c1-3-17-8-5-12(6-9-17)10-16-14(20)15-7-4-11(2)13(18)19/h11-12H,3-10H2,1-2H3,(H,18,19)(H2,15,16,20). The van der Waals surface area contributed by atoms with Crippen molar-refractivity contribution in [1.29, 1.82) is 0 Å². The Morgan fingerprint density at radius 2 is 1.95 bits per heavy atom. The van der Waals surface area contributed by atoms with Crippen molar-refractivity contribution in [2.24, 2.45) is 11.8 Å². The number of carbonyl (C=O) groups is 2. The molecule has 1 atom stereocenters. The number of rotatable bonds is 7. The summed E-state index contributed by atoms with van der Waals surface area (Å²) < 4.78 is 0. The lowest BCUT2D eigenvalue weighted by atomic mass is 9.97. The van der Waals surface area contributed by atoms with E-state index in [1.54, 1.807) is 6.92 Å². The van der Waals surface area contributed by atoms with Crippen LogP contribution >= 0.6 is 0 Å². The van der Waals surface area contributed by atoms with Crippen LogP contribution in [0, 0.1) is 11.8 Å². The van der Waals surface area contributed by atoms with E-state index in [4.69, 9.17) is 5.11 Å². The Balaban J connectivity index is 2.07. The van der Waals surface area contributed by atoms with Gasteiger partial charge in [-0.15, -0.1) is 0 Å². The number of urea groups is 1. The lowest BCUT2D eigenvalue weighted by Gasteiger charge is -2.31. The van der Waals surface area contributed by atoms with Gasteiger partial charge in [0.1, 0.15) is 0 Å². The summed E-state index contributed by atoms with van der Waals surface area (Å²) in [5.74, 6) is -0.690. The van der Waals surface area contributed by atoms with E-state index in [0.29, 0.717) is 25.4 Å². The molecule has 1 rings (SSSR count). The second-order valence-electron chi connectivity index (χ2n) is 5.54. The number of nitrogens with one attached hydrogen (secondary N) is 2. The van der Waals surface area contributed by atoms with Gasteiger partial charge in [0.15, 0.2) is 0 Å². The van der Waals surface area contributed by atoms with Crippen LogP contribution in [-0.2, 0) is 4.79 Å². The Morgan fingerprint density at radius 3 is 2.50 bits per heavy atom. The molecule has 1 aliphatic heterocycles. The van der Waals surface area contributed by atoms with Crippen molar-refractivity contribution < 1.29 is 14.7 Å². The van der Waals surface area contributed by atoms with Crippen molar-refractivity contribution in [2.45, 2.75) is 33.1 Å². The van der Waals surface area contributed by atoms with Crippen LogP contribution in [0.4, 0.5) is 4.79 Å². The van der Waals surface area contributed by atoms with E-state index in [0.717, 1.165) is 32.5 Å². The molecular formula is C14H27N3O3. The van der Waals surface area contributed by atoms with Gasteiger partial charge in [0.2, 0.25) is 0 Å². The third-order valence-corrected chi connectivity index (χ3v) is 3.99. The summed E-state index contributed by atoms with van der Waals surface area (Å²) in [5.41, 5.74) is 0. The SMILES string of the molecule is CCN1CCC(CNC(=O)NCCC(C)C(=O)O)CC1. The highest BCUT2D eigenvalue weighted by Gasteiger charge is 2.18. The van der Waals surface area contributed by atoms with Gasteiger partial charge in [0, 0.05) is 13.1 Å². The Morgan fingerprint density at radius 1 is 1.30 bits per heavy atom. The average molecular weight is 285 g/mol. The lowest BCUT2D eigenvalue weighted by molar-refractivity contribution is -0.141. The molecule has 6 nitrogen and oxygen atoms in total. The molecule has 6 heteroatoms. The highest BCUT2D eigenvalue weighted by Crippen LogP contribution is 2.15. The minimum Gasteiger partial charge on any atom is -0.481 e. The fourth-order valence-electron chi connectivity index (χ4n) is 2.33.